The van der Waals surface area contributed by atoms with Gasteiger partial charge in [0, 0.05) is 24.8 Å². The SMILES string of the molecule is CCOc1ccccc1CNC1CCOC(C)(C)C1. The van der Waals surface area contributed by atoms with E-state index in [0.717, 1.165) is 31.7 Å². The van der Waals surface area contributed by atoms with Crippen LogP contribution < -0.4 is 10.1 Å². The number of hydrogen-bond donors (Lipinski definition) is 1. The second kappa shape index (κ2) is 6.40. The monoisotopic (exact) mass is 263 g/mol. The molecular formula is C16H25NO2. The van der Waals surface area contributed by atoms with Crippen molar-refractivity contribution in [3.8, 4) is 5.75 Å². The fourth-order valence-corrected chi connectivity index (χ4v) is 2.61. The Bertz CT molecular complexity index is 403. The van der Waals surface area contributed by atoms with Crippen molar-refractivity contribution >= 4 is 0 Å². The lowest BCUT2D eigenvalue weighted by atomic mass is 9.94. The summed E-state index contributed by atoms with van der Waals surface area (Å²) in [5.74, 6) is 0.990. The number of benzene rings is 1. The first-order valence-corrected chi connectivity index (χ1v) is 7.19. The van der Waals surface area contributed by atoms with Crippen LogP contribution in [0.3, 0.4) is 0 Å². The molecule has 0 saturated carbocycles. The molecule has 0 amide bonds. The van der Waals surface area contributed by atoms with Crippen LogP contribution >= 0.6 is 0 Å². The average Bonchev–Trinajstić information content (AvgIpc) is 2.37. The minimum atomic E-state index is -0.00461. The van der Waals surface area contributed by atoms with E-state index < -0.39 is 0 Å². The van der Waals surface area contributed by atoms with E-state index in [9.17, 15) is 0 Å². The zero-order valence-corrected chi connectivity index (χ0v) is 12.2. The Kier molecular flexibility index (Phi) is 4.83. The van der Waals surface area contributed by atoms with Crippen LogP contribution in [0.4, 0.5) is 0 Å². The van der Waals surface area contributed by atoms with E-state index in [0.29, 0.717) is 12.6 Å². The normalized spacial score (nSPS) is 22.2. The minimum absolute atomic E-state index is 0.00461. The topological polar surface area (TPSA) is 30.5 Å². The van der Waals surface area contributed by atoms with Crippen molar-refractivity contribution < 1.29 is 9.47 Å². The predicted molar refractivity (Wildman–Crippen MR) is 77.5 cm³/mol. The first-order chi connectivity index (χ1) is 9.11. The molecule has 1 aromatic carbocycles. The molecule has 1 unspecified atom stereocenters. The molecule has 0 aromatic heterocycles. The third-order valence-electron chi connectivity index (χ3n) is 3.55. The Balaban J connectivity index is 1.91. The molecule has 1 N–H and O–H groups in total. The van der Waals surface area contributed by atoms with Gasteiger partial charge in [0.2, 0.25) is 0 Å². The largest absolute Gasteiger partial charge is 0.494 e. The number of para-hydroxylation sites is 1. The van der Waals surface area contributed by atoms with Gasteiger partial charge in [-0.25, -0.2) is 0 Å². The molecule has 1 heterocycles. The average molecular weight is 263 g/mol. The molecular weight excluding hydrogens is 238 g/mol. The van der Waals surface area contributed by atoms with Gasteiger partial charge >= 0.3 is 0 Å². The Hall–Kier alpha value is -1.06. The van der Waals surface area contributed by atoms with Gasteiger partial charge in [0.05, 0.1) is 12.2 Å². The number of ether oxygens (including phenoxy) is 2. The van der Waals surface area contributed by atoms with Gasteiger partial charge in [0.1, 0.15) is 5.75 Å². The molecule has 0 bridgehead atoms. The molecule has 1 aromatic rings. The van der Waals surface area contributed by atoms with E-state index in [2.05, 4.69) is 31.3 Å². The zero-order valence-electron chi connectivity index (χ0n) is 12.2. The van der Waals surface area contributed by atoms with Crippen molar-refractivity contribution in [3.63, 3.8) is 0 Å². The lowest BCUT2D eigenvalue weighted by Gasteiger charge is -2.36. The molecule has 3 nitrogen and oxygen atoms in total. The van der Waals surface area contributed by atoms with Crippen molar-refractivity contribution in [1.82, 2.24) is 5.32 Å². The fourth-order valence-electron chi connectivity index (χ4n) is 2.61. The summed E-state index contributed by atoms with van der Waals surface area (Å²) in [4.78, 5) is 0. The van der Waals surface area contributed by atoms with Crippen molar-refractivity contribution in [2.24, 2.45) is 0 Å². The van der Waals surface area contributed by atoms with Crippen molar-refractivity contribution in [2.45, 2.75) is 51.8 Å². The van der Waals surface area contributed by atoms with Crippen LogP contribution in [0, 0.1) is 0 Å². The Labute approximate surface area is 116 Å². The highest BCUT2D eigenvalue weighted by atomic mass is 16.5. The Morgan fingerprint density at radius 3 is 2.89 bits per heavy atom. The van der Waals surface area contributed by atoms with Crippen LogP contribution in [0.2, 0.25) is 0 Å². The molecule has 19 heavy (non-hydrogen) atoms. The van der Waals surface area contributed by atoms with Crippen molar-refractivity contribution in [2.75, 3.05) is 13.2 Å². The van der Waals surface area contributed by atoms with Gasteiger partial charge in [0.25, 0.3) is 0 Å². The van der Waals surface area contributed by atoms with Crippen LogP contribution in [-0.4, -0.2) is 24.9 Å². The summed E-state index contributed by atoms with van der Waals surface area (Å²) in [6, 6.07) is 8.77. The highest BCUT2D eigenvalue weighted by molar-refractivity contribution is 5.33. The highest BCUT2D eigenvalue weighted by Gasteiger charge is 2.28. The van der Waals surface area contributed by atoms with E-state index in [1.807, 2.05) is 19.1 Å². The lowest BCUT2D eigenvalue weighted by molar-refractivity contribution is -0.0630. The Morgan fingerprint density at radius 1 is 1.37 bits per heavy atom. The predicted octanol–water partition coefficient (Wildman–Crippen LogP) is 3.13. The molecule has 106 valence electrons. The van der Waals surface area contributed by atoms with Gasteiger partial charge in [0.15, 0.2) is 0 Å². The molecule has 0 radical (unpaired) electrons. The van der Waals surface area contributed by atoms with E-state index in [-0.39, 0.29) is 5.60 Å². The summed E-state index contributed by atoms with van der Waals surface area (Å²) >= 11 is 0. The number of nitrogens with one attached hydrogen (secondary N) is 1. The number of hydrogen-bond acceptors (Lipinski definition) is 3. The third kappa shape index (κ3) is 4.22. The van der Waals surface area contributed by atoms with Crippen LogP contribution in [0.1, 0.15) is 39.2 Å². The maximum Gasteiger partial charge on any atom is 0.123 e. The van der Waals surface area contributed by atoms with E-state index in [1.165, 1.54) is 5.56 Å². The van der Waals surface area contributed by atoms with Crippen LogP contribution in [-0.2, 0) is 11.3 Å². The summed E-state index contributed by atoms with van der Waals surface area (Å²) in [5.41, 5.74) is 1.23. The van der Waals surface area contributed by atoms with Gasteiger partial charge in [-0.15, -0.1) is 0 Å². The van der Waals surface area contributed by atoms with Crippen LogP contribution in [0.25, 0.3) is 0 Å². The van der Waals surface area contributed by atoms with Gasteiger partial charge in [-0.05, 0) is 39.7 Å². The molecule has 0 aliphatic carbocycles. The Morgan fingerprint density at radius 2 is 2.16 bits per heavy atom. The molecule has 0 spiro atoms. The highest BCUT2D eigenvalue weighted by Crippen LogP contribution is 2.25. The molecule has 1 saturated heterocycles. The van der Waals surface area contributed by atoms with Gasteiger partial charge in [-0.2, -0.15) is 0 Å². The molecule has 1 fully saturated rings. The molecule has 1 aliphatic rings. The summed E-state index contributed by atoms with van der Waals surface area (Å²) in [6.07, 6.45) is 2.14. The zero-order chi connectivity index (χ0) is 13.7. The standard InChI is InChI=1S/C16H25NO2/c1-4-18-15-8-6-5-7-13(15)12-17-14-9-10-19-16(2,3)11-14/h5-8,14,17H,4,9-12H2,1-3H3. The van der Waals surface area contributed by atoms with Crippen LogP contribution in [0.15, 0.2) is 24.3 Å². The first kappa shape index (κ1) is 14.4. The molecule has 1 aliphatic heterocycles. The quantitative estimate of drug-likeness (QED) is 0.885. The van der Waals surface area contributed by atoms with Crippen LogP contribution in [0.5, 0.6) is 5.75 Å². The summed E-state index contributed by atoms with van der Waals surface area (Å²) in [6.45, 7) is 8.76. The molecule has 3 heteroatoms. The van der Waals surface area contributed by atoms with Crippen molar-refractivity contribution in [1.29, 1.82) is 0 Å². The number of rotatable bonds is 5. The second-order valence-electron chi connectivity index (χ2n) is 5.72. The smallest absolute Gasteiger partial charge is 0.123 e. The summed E-state index contributed by atoms with van der Waals surface area (Å²) in [7, 11) is 0. The third-order valence-corrected chi connectivity index (χ3v) is 3.55. The van der Waals surface area contributed by atoms with Gasteiger partial charge in [-0.3, -0.25) is 0 Å². The molecule has 1 atom stereocenters. The summed E-state index contributed by atoms with van der Waals surface area (Å²) in [5, 5.41) is 3.63. The molecule has 2 rings (SSSR count). The fraction of sp³-hybridized carbons (Fsp3) is 0.625. The van der Waals surface area contributed by atoms with Gasteiger partial charge < -0.3 is 14.8 Å². The van der Waals surface area contributed by atoms with E-state index >= 15 is 0 Å². The lowest BCUT2D eigenvalue weighted by Crippen LogP contribution is -2.43. The van der Waals surface area contributed by atoms with Gasteiger partial charge in [-0.1, -0.05) is 18.2 Å². The first-order valence-electron chi connectivity index (χ1n) is 7.19. The minimum Gasteiger partial charge on any atom is -0.494 e. The maximum atomic E-state index is 5.75. The van der Waals surface area contributed by atoms with Crippen molar-refractivity contribution in [3.05, 3.63) is 29.8 Å². The van der Waals surface area contributed by atoms with E-state index in [4.69, 9.17) is 9.47 Å². The second-order valence-corrected chi connectivity index (χ2v) is 5.72. The van der Waals surface area contributed by atoms with E-state index in [1.54, 1.807) is 0 Å². The maximum absolute atomic E-state index is 5.75. The summed E-state index contributed by atoms with van der Waals surface area (Å²) < 4.78 is 11.4.